The van der Waals surface area contributed by atoms with Crippen LogP contribution in [-0.4, -0.2) is 17.9 Å². The number of para-hydroxylation sites is 1. The van der Waals surface area contributed by atoms with Crippen LogP contribution in [0, 0.1) is 11.6 Å². The molecule has 0 radical (unpaired) electrons. The fourth-order valence-corrected chi connectivity index (χ4v) is 2.25. The second-order valence-electron chi connectivity index (χ2n) is 5.05. The highest BCUT2D eigenvalue weighted by Crippen LogP contribution is 2.20. The fourth-order valence-electron chi connectivity index (χ4n) is 2.25. The number of rotatable bonds is 3. The molecule has 2 aromatic carbocycles. The number of fused-ring (bicyclic) bond motifs is 1. The predicted molar refractivity (Wildman–Crippen MR) is 78.4 cm³/mol. The molecule has 0 aliphatic carbocycles. The zero-order chi connectivity index (χ0) is 15.7. The van der Waals surface area contributed by atoms with Gasteiger partial charge in [0.15, 0.2) is 5.76 Å². The van der Waals surface area contributed by atoms with Gasteiger partial charge in [-0.05, 0) is 18.2 Å². The number of halogens is 2. The van der Waals surface area contributed by atoms with E-state index in [0.29, 0.717) is 5.58 Å². The average molecular weight is 301 g/mol. The van der Waals surface area contributed by atoms with Crippen LogP contribution in [0.4, 0.5) is 8.78 Å². The van der Waals surface area contributed by atoms with E-state index in [1.807, 2.05) is 18.2 Å². The first-order valence-electron chi connectivity index (χ1n) is 6.72. The second kappa shape index (κ2) is 5.60. The van der Waals surface area contributed by atoms with Gasteiger partial charge >= 0.3 is 0 Å². The van der Waals surface area contributed by atoms with Crippen LogP contribution in [0.15, 0.2) is 52.9 Å². The molecule has 0 atom stereocenters. The zero-order valence-electron chi connectivity index (χ0n) is 11.8. The summed E-state index contributed by atoms with van der Waals surface area (Å²) in [6, 6.07) is 12.2. The normalized spacial score (nSPS) is 10.9. The number of carbonyl (C=O) groups is 1. The molecule has 0 aliphatic heterocycles. The van der Waals surface area contributed by atoms with Gasteiger partial charge in [0.1, 0.15) is 17.2 Å². The molecule has 3 rings (SSSR count). The van der Waals surface area contributed by atoms with E-state index in [2.05, 4.69) is 0 Å². The van der Waals surface area contributed by atoms with Crippen molar-refractivity contribution < 1.29 is 18.0 Å². The van der Waals surface area contributed by atoms with Crippen molar-refractivity contribution in [1.82, 2.24) is 4.90 Å². The molecule has 3 aromatic rings. The van der Waals surface area contributed by atoms with Gasteiger partial charge in [-0.1, -0.05) is 24.3 Å². The van der Waals surface area contributed by atoms with E-state index < -0.39 is 11.6 Å². The van der Waals surface area contributed by atoms with E-state index in [4.69, 9.17) is 4.42 Å². The van der Waals surface area contributed by atoms with Crippen molar-refractivity contribution in [2.24, 2.45) is 0 Å². The Morgan fingerprint density at radius 3 is 2.64 bits per heavy atom. The minimum Gasteiger partial charge on any atom is -0.451 e. The van der Waals surface area contributed by atoms with Crippen molar-refractivity contribution in [3.8, 4) is 0 Å². The molecule has 1 aromatic heterocycles. The van der Waals surface area contributed by atoms with E-state index in [9.17, 15) is 13.6 Å². The molecule has 112 valence electrons. The van der Waals surface area contributed by atoms with Crippen molar-refractivity contribution in [3.05, 3.63) is 71.5 Å². The molecular formula is C17H13F2NO2. The molecule has 1 heterocycles. The van der Waals surface area contributed by atoms with E-state index in [1.165, 1.54) is 18.0 Å². The van der Waals surface area contributed by atoms with Gasteiger partial charge in [-0.2, -0.15) is 0 Å². The zero-order valence-corrected chi connectivity index (χ0v) is 11.8. The number of benzene rings is 2. The summed E-state index contributed by atoms with van der Waals surface area (Å²) in [5, 5.41) is 0.826. The molecule has 1 amide bonds. The Balaban J connectivity index is 1.81. The molecule has 5 heteroatoms. The monoisotopic (exact) mass is 301 g/mol. The first kappa shape index (κ1) is 14.3. The summed E-state index contributed by atoms with van der Waals surface area (Å²) in [6.45, 7) is 0.0298. The third-order valence-corrected chi connectivity index (χ3v) is 3.41. The van der Waals surface area contributed by atoms with Crippen molar-refractivity contribution in [2.75, 3.05) is 7.05 Å². The van der Waals surface area contributed by atoms with E-state index in [1.54, 1.807) is 12.1 Å². The largest absolute Gasteiger partial charge is 0.451 e. The fraction of sp³-hybridized carbons (Fsp3) is 0.118. The second-order valence-corrected chi connectivity index (χ2v) is 5.05. The molecule has 0 bridgehead atoms. The van der Waals surface area contributed by atoms with Gasteiger partial charge in [-0.3, -0.25) is 4.79 Å². The van der Waals surface area contributed by atoms with Gasteiger partial charge in [0.05, 0.1) is 0 Å². The summed E-state index contributed by atoms with van der Waals surface area (Å²) in [7, 11) is 1.54. The van der Waals surface area contributed by atoms with Crippen LogP contribution < -0.4 is 0 Å². The maximum absolute atomic E-state index is 13.6. The Bertz CT molecular complexity index is 809. The highest BCUT2D eigenvalue weighted by Gasteiger charge is 2.18. The highest BCUT2D eigenvalue weighted by molar-refractivity contribution is 5.95. The van der Waals surface area contributed by atoms with Crippen LogP contribution in [0.5, 0.6) is 0 Å². The van der Waals surface area contributed by atoms with Crippen molar-refractivity contribution in [1.29, 1.82) is 0 Å². The van der Waals surface area contributed by atoms with Gasteiger partial charge in [-0.25, -0.2) is 8.78 Å². The van der Waals surface area contributed by atoms with E-state index >= 15 is 0 Å². The van der Waals surface area contributed by atoms with Crippen LogP contribution in [0.3, 0.4) is 0 Å². The van der Waals surface area contributed by atoms with E-state index in [-0.39, 0.29) is 23.8 Å². The maximum Gasteiger partial charge on any atom is 0.289 e. The Hall–Kier alpha value is -2.69. The lowest BCUT2D eigenvalue weighted by Crippen LogP contribution is -2.26. The van der Waals surface area contributed by atoms with E-state index in [0.717, 1.165) is 17.5 Å². The summed E-state index contributed by atoms with van der Waals surface area (Å²) in [5.74, 6) is -1.50. The van der Waals surface area contributed by atoms with Crippen LogP contribution in [0.1, 0.15) is 16.1 Å². The first-order valence-corrected chi connectivity index (χ1v) is 6.72. The number of furan rings is 1. The molecule has 0 spiro atoms. The molecule has 0 saturated heterocycles. The van der Waals surface area contributed by atoms with Gasteiger partial charge in [-0.15, -0.1) is 0 Å². The third-order valence-electron chi connectivity index (χ3n) is 3.41. The van der Waals surface area contributed by atoms with Crippen molar-refractivity contribution >= 4 is 16.9 Å². The number of hydrogen-bond acceptors (Lipinski definition) is 2. The lowest BCUT2D eigenvalue weighted by atomic mass is 10.2. The number of amides is 1. The van der Waals surface area contributed by atoms with Crippen LogP contribution in [-0.2, 0) is 6.54 Å². The smallest absolute Gasteiger partial charge is 0.289 e. The third kappa shape index (κ3) is 2.70. The van der Waals surface area contributed by atoms with Crippen LogP contribution in [0.25, 0.3) is 11.0 Å². The summed E-state index contributed by atoms with van der Waals surface area (Å²) >= 11 is 0. The van der Waals surface area contributed by atoms with Crippen molar-refractivity contribution in [3.63, 3.8) is 0 Å². The molecule has 0 saturated carbocycles. The molecule has 0 N–H and O–H groups in total. The molecule has 0 unspecified atom stereocenters. The lowest BCUT2D eigenvalue weighted by Gasteiger charge is -2.16. The SMILES string of the molecule is CN(Cc1ccc(F)cc1F)C(=O)c1cc2ccccc2o1. The topological polar surface area (TPSA) is 33.5 Å². The van der Waals surface area contributed by atoms with Gasteiger partial charge in [0.2, 0.25) is 0 Å². The maximum atomic E-state index is 13.6. The predicted octanol–water partition coefficient (Wildman–Crippen LogP) is 3.98. The summed E-state index contributed by atoms with van der Waals surface area (Å²) in [5.41, 5.74) is 0.862. The number of carbonyl (C=O) groups excluding carboxylic acids is 1. The molecule has 22 heavy (non-hydrogen) atoms. The summed E-state index contributed by atoms with van der Waals surface area (Å²) in [6.07, 6.45) is 0. The first-order chi connectivity index (χ1) is 10.5. The summed E-state index contributed by atoms with van der Waals surface area (Å²) in [4.78, 5) is 13.7. The lowest BCUT2D eigenvalue weighted by molar-refractivity contribution is 0.0754. The average Bonchev–Trinajstić information content (AvgIpc) is 2.93. The van der Waals surface area contributed by atoms with Gasteiger partial charge in [0, 0.05) is 30.6 Å². The number of hydrogen-bond donors (Lipinski definition) is 0. The van der Waals surface area contributed by atoms with Crippen molar-refractivity contribution in [2.45, 2.75) is 6.54 Å². The minimum atomic E-state index is -0.677. The molecule has 3 nitrogen and oxygen atoms in total. The van der Waals surface area contributed by atoms with Gasteiger partial charge in [0.25, 0.3) is 5.91 Å². The Labute approximate surface area is 125 Å². The Morgan fingerprint density at radius 1 is 1.14 bits per heavy atom. The Morgan fingerprint density at radius 2 is 1.91 bits per heavy atom. The Kier molecular flexibility index (Phi) is 3.63. The highest BCUT2D eigenvalue weighted by atomic mass is 19.1. The summed E-state index contributed by atoms with van der Waals surface area (Å²) < 4.78 is 32.0. The quantitative estimate of drug-likeness (QED) is 0.733. The number of nitrogens with zero attached hydrogens (tertiary/aromatic N) is 1. The molecule has 0 aliphatic rings. The molecular weight excluding hydrogens is 288 g/mol. The standard InChI is InChI=1S/C17H13F2NO2/c1-20(10-12-6-7-13(18)9-14(12)19)17(21)16-8-11-4-2-3-5-15(11)22-16/h2-9H,10H2,1H3. The minimum absolute atomic E-state index is 0.0298. The van der Waals surface area contributed by atoms with Gasteiger partial charge < -0.3 is 9.32 Å². The van der Waals surface area contributed by atoms with Crippen LogP contribution in [0.2, 0.25) is 0 Å². The van der Waals surface area contributed by atoms with Crippen LogP contribution >= 0.6 is 0 Å². The molecule has 0 fully saturated rings.